The summed E-state index contributed by atoms with van der Waals surface area (Å²) in [5, 5.41) is 3.21. The molecule has 1 aromatic rings. The maximum absolute atomic E-state index is 11.4. The number of nitrogens with one attached hydrogen (secondary N) is 1. The van der Waals surface area contributed by atoms with Gasteiger partial charge in [-0.15, -0.1) is 0 Å². The van der Waals surface area contributed by atoms with E-state index in [1.807, 2.05) is 12.1 Å². The largest absolute Gasteiger partial charge is 0.469 e. The standard InChI is InChI=1S/C11H15NO2/c13-10(8-12-9-3-4-9)5-6-11-2-1-7-14-11/h1-2,7,9,12H,3-6,8H2. The minimum absolute atomic E-state index is 0.272. The first-order valence-electron chi connectivity index (χ1n) is 5.12. The Morgan fingerprint density at radius 2 is 2.43 bits per heavy atom. The van der Waals surface area contributed by atoms with Crippen molar-refractivity contribution in [1.82, 2.24) is 5.32 Å². The third kappa shape index (κ3) is 3.00. The predicted octanol–water partition coefficient (Wildman–Crippen LogP) is 1.53. The van der Waals surface area contributed by atoms with Gasteiger partial charge in [0.15, 0.2) is 0 Å². The maximum atomic E-state index is 11.4. The summed E-state index contributed by atoms with van der Waals surface area (Å²) in [5.41, 5.74) is 0. The van der Waals surface area contributed by atoms with E-state index in [1.165, 1.54) is 12.8 Å². The molecule has 1 aliphatic carbocycles. The molecule has 0 saturated heterocycles. The molecule has 1 aromatic heterocycles. The molecule has 1 heterocycles. The van der Waals surface area contributed by atoms with Crippen LogP contribution in [0, 0.1) is 0 Å². The van der Waals surface area contributed by atoms with Crippen LogP contribution in [0.15, 0.2) is 22.8 Å². The second-order valence-corrected chi connectivity index (χ2v) is 3.77. The topological polar surface area (TPSA) is 42.2 Å². The second-order valence-electron chi connectivity index (χ2n) is 3.77. The third-order valence-electron chi connectivity index (χ3n) is 2.40. The van der Waals surface area contributed by atoms with Crippen LogP contribution in [0.3, 0.4) is 0 Å². The molecular weight excluding hydrogens is 178 g/mol. The molecule has 0 atom stereocenters. The number of furan rings is 1. The normalized spacial score (nSPS) is 15.7. The van der Waals surface area contributed by atoms with Crippen LogP contribution in [0.1, 0.15) is 25.0 Å². The van der Waals surface area contributed by atoms with Crippen molar-refractivity contribution in [3.8, 4) is 0 Å². The fourth-order valence-electron chi connectivity index (χ4n) is 1.35. The first kappa shape index (κ1) is 9.46. The molecule has 1 fully saturated rings. The van der Waals surface area contributed by atoms with Gasteiger partial charge in [-0.3, -0.25) is 4.79 Å². The Hall–Kier alpha value is -1.09. The van der Waals surface area contributed by atoms with Gasteiger partial charge < -0.3 is 9.73 Å². The molecule has 0 aromatic carbocycles. The van der Waals surface area contributed by atoms with E-state index < -0.39 is 0 Å². The lowest BCUT2D eigenvalue weighted by Crippen LogP contribution is -2.24. The van der Waals surface area contributed by atoms with Gasteiger partial charge in [0, 0.05) is 18.9 Å². The number of aryl methyl sites for hydroxylation is 1. The Balaban J connectivity index is 1.62. The molecule has 0 unspecified atom stereocenters. The maximum Gasteiger partial charge on any atom is 0.147 e. The first-order valence-corrected chi connectivity index (χ1v) is 5.12. The summed E-state index contributed by atoms with van der Waals surface area (Å²) in [5.74, 6) is 1.16. The zero-order valence-corrected chi connectivity index (χ0v) is 8.16. The number of carbonyl (C=O) groups is 1. The van der Waals surface area contributed by atoms with Crippen molar-refractivity contribution in [2.24, 2.45) is 0 Å². The molecule has 0 bridgehead atoms. The summed E-state index contributed by atoms with van der Waals surface area (Å²) in [6.07, 6.45) is 5.39. The van der Waals surface area contributed by atoms with E-state index in [0.717, 1.165) is 12.2 Å². The van der Waals surface area contributed by atoms with Crippen molar-refractivity contribution in [3.05, 3.63) is 24.2 Å². The van der Waals surface area contributed by atoms with Gasteiger partial charge in [-0.25, -0.2) is 0 Å². The molecule has 3 nitrogen and oxygen atoms in total. The van der Waals surface area contributed by atoms with Crippen LogP contribution in [0.25, 0.3) is 0 Å². The fraction of sp³-hybridized carbons (Fsp3) is 0.545. The Morgan fingerprint density at radius 3 is 3.07 bits per heavy atom. The molecule has 2 rings (SSSR count). The van der Waals surface area contributed by atoms with Gasteiger partial charge in [0.1, 0.15) is 11.5 Å². The van der Waals surface area contributed by atoms with Crippen molar-refractivity contribution < 1.29 is 9.21 Å². The molecule has 0 amide bonds. The van der Waals surface area contributed by atoms with Crippen LogP contribution in [0.2, 0.25) is 0 Å². The summed E-state index contributed by atoms with van der Waals surface area (Å²) in [6.45, 7) is 0.519. The Bertz CT molecular complexity index is 288. The Morgan fingerprint density at radius 1 is 1.57 bits per heavy atom. The molecule has 14 heavy (non-hydrogen) atoms. The van der Waals surface area contributed by atoms with Gasteiger partial charge >= 0.3 is 0 Å². The number of hydrogen-bond donors (Lipinski definition) is 1. The number of Topliss-reactive ketones (excluding diaryl/α,β-unsaturated/α-hetero) is 1. The molecule has 0 radical (unpaired) electrons. The molecular formula is C11H15NO2. The van der Waals surface area contributed by atoms with E-state index >= 15 is 0 Å². The highest BCUT2D eigenvalue weighted by Crippen LogP contribution is 2.18. The van der Waals surface area contributed by atoms with Crippen molar-refractivity contribution in [1.29, 1.82) is 0 Å². The van der Waals surface area contributed by atoms with Gasteiger partial charge in [0.05, 0.1) is 12.8 Å². The van der Waals surface area contributed by atoms with E-state index in [9.17, 15) is 4.79 Å². The first-order chi connectivity index (χ1) is 6.84. The summed E-state index contributed by atoms with van der Waals surface area (Å²) in [4.78, 5) is 11.4. The lowest BCUT2D eigenvalue weighted by atomic mass is 10.2. The van der Waals surface area contributed by atoms with Gasteiger partial charge in [-0.05, 0) is 25.0 Å². The SMILES string of the molecule is O=C(CCc1ccco1)CNC1CC1. The van der Waals surface area contributed by atoms with Gasteiger partial charge in [-0.2, -0.15) is 0 Å². The average Bonchev–Trinajstić information content (AvgIpc) is 2.87. The van der Waals surface area contributed by atoms with Crippen molar-refractivity contribution in [2.75, 3.05) is 6.54 Å². The molecule has 1 N–H and O–H groups in total. The molecule has 1 saturated carbocycles. The van der Waals surface area contributed by atoms with Crippen LogP contribution in [0.4, 0.5) is 0 Å². The fourth-order valence-corrected chi connectivity index (χ4v) is 1.35. The Labute approximate surface area is 83.5 Å². The van der Waals surface area contributed by atoms with Crippen LogP contribution < -0.4 is 5.32 Å². The molecule has 3 heteroatoms. The minimum Gasteiger partial charge on any atom is -0.469 e. The van der Waals surface area contributed by atoms with E-state index in [-0.39, 0.29) is 5.78 Å². The molecule has 76 valence electrons. The third-order valence-corrected chi connectivity index (χ3v) is 2.40. The number of ketones is 1. The molecule has 0 spiro atoms. The summed E-state index contributed by atoms with van der Waals surface area (Å²) in [7, 11) is 0. The highest BCUT2D eigenvalue weighted by molar-refractivity contribution is 5.80. The minimum atomic E-state index is 0.272. The zero-order valence-electron chi connectivity index (χ0n) is 8.16. The quantitative estimate of drug-likeness (QED) is 0.745. The second kappa shape index (κ2) is 4.42. The predicted molar refractivity (Wildman–Crippen MR) is 53.1 cm³/mol. The molecule has 1 aliphatic rings. The van der Waals surface area contributed by atoms with E-state index in [0.29, 0.717) is 19.0 Å². The average molecular weight is 193 g/mol. The highest BCUT2D eigenvalue weighted by atomic mass is 16.3. The van der Waals surface area contributed by atoms with E-state index in [1.54, 1.807) is 6.26 Å². The lowest BCUT2D eigenvalue weighted by Gasteiger charge is -2.00. The van der Waals surface area contributed by atoms with Crippen molar-refractivity contribution >= 4 is 5.78 Å². The summed E-state index contributed by atoms with van der Waals surface area (Å²) < 4.78 is 5.15. The van der Waals surface area contributed by atoms with Gasteiger partial charge in [0.25, 0.3) is 0 Å². The number of carbonyl (C=O) groups excluding carboxylic acids is 1. The lowest BCUT2D eigenvalue weighted by molar-refractivity contribution is -0.118. The number of hydrogen-bond acceptors (Lipinski definition) is 3. The Kier molecular flexibility index (Phi) is 2.99. The summed E-state index contributed by atoms with van der Waals surface area (Å²) >= 11 is 0. The van der Waals surface area contributed by atoms with Gasteiger partial charge in [0.2, 0.25) is 0 Å². The van der Waals surface area contributed by atoms with Crippen molar-refractivity contribution in [2.45, 2.75) is 31.7 Å². The van der Waals surface area contributed by atoms with Gasteiger partial charge in [-0.1, -0.05) is 0 Å². The highest BCUT2D eigenvalue weighted by Gasteiger charge is 2.20. The zero-order chi connectivity index (χ0) is 9.80. The van der Waals surface area contributed by atoms with E-state index in [2.05, 4.69) is 5.32 Å². The monoisotopic (exact) mass is 193 g/mol. The van der Waals surface area contributed by atoms with Crippen LogP contribution in [-0.4, -0.2) is 18.4 Å². The number of rotatable bonds is 6. The van der Waals surface area contributed by atoms with Crippen LogP contribution in [-0.2, 0) is 11.2 Å². The van der Waals surface area contributed by atoms with Crippen LogP contribution in [0.5, 0.6) is 0 Å². The molecule has 0 aliphatic heterocycles. The summed E-state index contributed by atoms with van der Waals surface area (Å²) in [6, 6.07) is 4.37. The smallest absolute Gasteiger partial charge is 0.147 e. The van der Waals surface area contributed by atoms with Crippen LogP contribution >= 0.6 is 0 Å². The van der Waals surface area contributed by atoms with Crippen molar-refractivity contribution in [3.63, 3.8) is 0 Å². The van der Waals surface area contributed by atoms with E-state index in [4.69, 9.17) is 4.42 Å².